The topological polar surface area (TPSA) is 32.3 Å². The number of aromatic hydroxyl groups is 1. The molecule has 2 unspecified atom stereocenters. The SMILES string of the molecule is CCC(C)CC(C)NCc1cccc(F)c1O. The van der Waals surface area contributed by atoms with E-state index in [-0.39, 0.29) is 5.75 Å². The van der Waals surface area contributed by atoms with Crippen molar-refractivity contribution in [2.45, 2.75) is 46.2 Å². The van der Waals surface area contributed by atoms with Crippen molar-refractivity contribution in [3.63, 3.8) is 0 Å². The Balaban J connectivity index is 2.47. The molecule has 0 aromatic heterocycles. The van der Waals surface area contributed by atoms with Crippen molar-refractivity contribution in [3.8, 4) is 5.75 Å². The summed E-state index contributed by atoms with van der Waals surface area (Å²) in [6.45, 7) is 7.01. The number of benzene rings is 1. The fourth-order valence-electron chi connectivity index (χ4n) is 1.84. The minimum atomic E-state index is -0.557. The highest BCUT2D eigenvalue weighted by Crippen LogP contribution is 2.20. The number of hydrogen-bond acceptors (Lipinski definition) is 2. The summed E-state index contributed by atoms with van der Waals surface area (Å²) in [6, 6.07) is 4.99. The quantitative estimate of drug-likeness (QED) is 0.797. The monoisotopic (exact) mass is 239 g/mol. The predicted molar refractivity (Wildman–Crippen MR) is 68.4 cm³/mol. The van der Waals surface area contributed by atoms with Crippen molar-refractivity contribution < 1.29 is 9.50 Å². The van der Waals surface area contributed by atoms with Gasteiger partial charge in [0, 0.05) is 18.2 Å². The lowest BCUT2D eigenvalue weighted by Gasteiger charge is -2.18. The molecule has 0 bridgehead atoms. The lowest BCUT2D eigenvalue weighted by Crippen LogP contribution is -2.27. The van der Waals surface area contributed by atoms with Gasteiger partial charge in [0.2, 0.25) is 0 Å². The van der Waals surface area contributed by atoms with Crippen LogP contribution in [0.1, 0.15) is 39.2 Å². The largest absolute Gasteiger partial charge is 0.505 e. The second-order valence-corrected chi connectivity index (χ2v) is 4.78. The molecule has 1 aromatic rings. The van der Waals surface area contributed by atoms with Gasteiger partial charge in [-0.2, -0.15) is 0 Å². The Morgan fingerprint density at radius 1 is 1.35 bits per heavy atom. The lowest BCUT2D eigenvalue weighted by atomic mass is 10.0. The number of phenols is 1. The van der Waals surface area contributed by atoms with Crippen LogP contribution < -0.4 is 5.32 Å². The average molecular weight is 239 g/mol. The Morgan fingerprint density at radius 2 is 2.06 bits per heavy atom. The van der Waals surface area contributed by atoms with Gasteiger partial charge in [0.15, 0.2) is 11.6 Å². The summed E-state index contributed by atoms with van der Waals surface area (Å²) < 4.78 is 13.1. The van der Waals surface area contributed by atoms with Gasteiger partial charge in [-0.3, -0.25) is 0 Å². The molecule has 17 heavy (non-hydrogen) atoms. The summed E-state index contributed by atoms with van der Waals surface area (Å²) in [5, 5.41) is 12.8. The predicted octanol–water partition coefficient (Wildman–Crippen LogP) is 3.45. The third-order valence-corrected chi connectivity index (χ3v) is 3.16. The molecule has 1 rings (SSSR count). The van der Waals surface area contributed by atoms with Crippen LogP contribution in [0.3, 0.4) is 0 Å². The van der Waals surface area contributed by atoms with E-state index in [1.54, 1.807) is 12.1 Å². The molecule has 1 aromatic carbocycles. The highest BCUT2D eigenvalue weighted by atomic mass is 19.1. The molecule has 0 saturated carbocycles. The first-order valence-corrected chi connectivity index (χ1v) is 6.24. The van der Waals surface area contributed by atoms with E-state index < -0.39 is 5.82 Å². The van der Waals surface area contributed by atoms with Crippen LogP contribution in [0.15, 0.2) is 18.2 Å². The third-order valence-electron chi connectivity index (χ3n) is 3.16. The molecule has 0 aliphatic rings. The highest BCUT2D eigenvalue weighted by molar-refractivity contribution is 5.33. The van der Waals surface area contributed by atoms with E-state index in [9.17, 15) is 9.50 Å². The summed E-state index contributed by atoms with van der Waals surface area (Å²) in [4.78, 5) is 0. The molecular weight excluding hydrogens is 217 g/mol. The number of halogens is 1. The van der Waals surface area contributed by atoms with Crippen LogP contribution in [0.2, 0.25) is 0 Å². The van der Waals surface area contributed by atoms with E-state index in [0.717, 1.165) is 12.8 Å². The maximum Gasteiger partial charge on any atom is 0.165 e. The minimum absolute atomic E-state index is 0.240. The normalized spacial score (nSPS) is 14.6. The van der Waals surface area contributed by atoms with Crippen molar-refractivity contribution in [1.29, 1.82) is 0 Å². The van der Waals surface area contributed by atoms with Crippen LogP contribution in [0.25, 0.3) is 0 Å². The second-order valence-electron chi connectivity index (χ2n) is 4.78. The molecule has 2 nitrogen and oxygen atoms in total. The van der Waals surface area contributed by atoms with E-state index in [1.165, 1.54) is 6.07 Å². The van der Waals surface area contributed by atoms with Gasteiger partial charge in [0.1, 0.15) is 0 Å². The molecule has 3 heteroatoms. The number of nitrogens with one attached hydrogen (secondary N) is 1. The summed E-state index contributed by atoms with van der Waals surface area (Å²) >= 11 is 0. The van der Waals surface area contributed by atoms with Crippen LogP contribution in [-0.2, 0) is 6.54 Å². The highest BCUT2D eigenvalue weighted by Gasteiger charge is 2.09. The van der Waals surface area contributed by atoms with E-state index in [0.29, 0.717) is 24.1 Å². The van der Waals surface area contributed by atoms with Crippen molar-refractivity contribution >= 4 is 0 Å². The van der Waals surface area contributed by atoms with Gasteiger partial charge in [0.25, 0.3) is 0 Å². The van der Waals surface area contributed by atoms with E-state index in [2.05, 4.69) is 26.1 Å². The third kappa shape index (κ3) is 4.35. The molecule has 0 aliphatic heterocycles. The zero-order valence-electron chi connectivity index (χ0n) is 10.8. The molecule has 0 saturated heterocycles. The Morgan fingerprint density at radius 3 is 2.71 bits per heavy atom. The van der Waals surface area contributed by atoms with Crippen LogP contribution in [0.5, 0.6) is 5.75 Å². The van der Waals surface area contributed by atoms with Crippen LogP contribution in [0.4, 0.5) is 4.39 Å². The van der Waals surface area contributed by atoms with Gasteiger partial charge in [-0.15, -0.1) is 0 Å². The average Bonchev–Trinajstić information content (AvgIpc) is 2.31. The molecule has 2 atom stereocenters. The van der Waals surface area contributed by atoms with Gasteiger partial charge in [-0.1, -0.05) is 32.4 Å². The first-order chi connectivity index (χ1) is 8.04. The lowest BCUT2D eigenvalue weighted by molar-refractivity contribution is 0.398. The molecule has 0 heterocycles. The van der Waals surface area contributed by atoms with Gasteiger partial charge in [-0.25, -0.2) is 4.39 Å². The Labute approximate surface area is 103 Å². The Hall–Kier alpha value is -1.09. The van der Waals surface area contributed by atoms with Gasteiger partial charge < -0.3 is 10.4 Å². The first-order valence-electron chi connectivity index (χ1n) is 6.24. The summed E-state index contributed by atoms with van der Waals surface area (Å²) in [5.41, 5.74) is 0.612. The Kier molecular flexibility index (Phi) is 5.42. The molecule has 2 N–H and O–H groups in total. The molecular formula is C14H22FNO. The van der Waals surface area contributed by atoms with Crippen molar-refractivity contribution in [3.05, 3.63) is 29.6 Å². The van der Waals surface area contributed by atoms with Gasteiger partial charge in [-0.05, 0) is 25.3 Å². The second kappa shape index (κ2) is 6.60. The van der Waals surface area contributed by atoms with Crippen LogP contribution in [0, 0.1) is 11.7 Å². The van der Waals surface area contributed by atoms with Crippen molar-refractivity contribution in [2.24, 2.45) is 5.92 Å². The Bertz CT molecular complexity index is 354. The van der Waals surface area contributed by atoms with E-state index in [4.69, 9.17) is 0 Å². The first kappa shape index (κ1) is 14.0. The maximum atomic E-state index is 13.1. The zero-order chi connectivity index (χ0) is 12.8. The van der Waals surface area contributed by atoms with Crippen molar-refractivity contribution in [1.82, 2.24) is 5.32 Å². The molecule has 0 aliphatic carbocycles. The molecule has 0 fully saturated rings. The maximum absolute atomic E-state index is 13.1. The number of phenolic OH excluding ortho intramolecular Hbond substituents is 1. The van der Waals surface area contributed by atoms with Crippen LogP contribution in [-0.4, -0.2) is 11.1 Å². The molecule has 96 valence electrons. The van der Waals surface area contributed by atoms with Crippen molar-refractivity contribution in [2.75, 3.05) is 0 Å². The number of rotatable bonds is 6. The molecule has 0 amide bonds. The van der Waals surface area contributed by atoms with Crippen LogP contribution >= 0.6 is 0 Å². The minimum Gasteiger partial charge on any atom is -0.505 e. The summed E-state index contributed by atoms with van der Waals surface area (Å²) in [6.07, 6.45) is 2.25. The number of hydrogen-bond donors (Lipinski definition) is 2. The fraction of sp³-hybridized carbons (Fsp3) is 0.571. The fourth-order valence-corrected chi connectivity index (χ4v) is 1.84. The number of para-hydroxylation sites is 1. The smallest absolute Gasteiger partial charge is 0.165 e. The summed E-state index contributed by atoms with van der Waals surface area (Å²) in [5.74, 6) is -0.117. The molecule has 0 radical (unpaired) electrons. The van der Waals surface area contributed by atoms with E-state index in [1.807, 2.05) is 0 Å². The zero-order valence-corrected chi connectivity index (χ0v) is 10.8. The molecule has 0 spiro atoms. The summed E-state index contributed by atoms with van der Waals surface area (Å²) in [7, 11) is 0. The van der Waals surface area contributed by atoms with Gasteiger partial charge in [0.05, 0.1) is 0 Å². The standard InChI is InChI=1S/C14H22FNO/c1-4-10(2)8-11(3)16-9-12-6-5-7-13(15)14(12)17/h5-7,10-11,16-17H,4,8-9H2,1-3H3. The van der Waals surface area contributed by atoms with E-state index >= 15 is 0 Å². The van der Waals surface area contributed by atoms with Gasteiger partial charge >= 0.3 is 0 Å².